The number of likely N-dealkylation sites (N-methyl/N-ethyl adjacent to an activating group) is 1. The average molecular weight is 350 g/mol. The summed E-state index contributed by atoms with van der Waals surface area (Å²) in [7, 11) is 3.33. The highest BCUT2D eigenvalue weighted by atomic mass is 35.5. The van der Waals surface area contributed by atoms with Gasteiger partial charge in [-0.3, -0.25) is 4.79 Å². The molecule has 0 spiro atoms. The zero-order valence-corrected chi connectivity index (χ0v) is 14.4. The molecular weight excluding hydrogens is 333 g/mol. The molecule has 0 aliphatic carbocycles. The summed E-state index contributed by atoms with van der Waals surface area (Å²) in [5.74, 6) is 0.627. The Morgan fingerprint density at radius 1 is 1.22 bits per heavy atom. The lowest BCUT2D eigenvalue weighted by molar-refractivity contribution is -0.125. The normalized spacial score (nSPS) is 10.8. The van der Waals surface area contributed by atoms with Gasteiger partial charge in [0, 0.05) is 19.7 Å². The van der Waals surface area contributed by atoms with E-state index in [-0.39, 0.29) is 5.91 Å². The summed E-state index contributed by atoms with van der Waals surface area (Å²) in [5, 5.41) is 0.961. The van der Waals surface area contributed by atoms with Gasteiger partial charge in [-0.1, -0.05) is 47.5 Å². The van der Waals surface area contributed by atoms with E-state index in [0.717, 1.165) is 16.9 Å². The summed E-state index contributed by atoms with van der Waals surface area (Å²) in [6, 6.07) is 12.9. The van der Waals surface area contributed by atoms with Crippen LogP contribution in [0.2, 0.25) is 10.0 Å². The lowest BCUT2D eigenvalue weighted by Crippen LogP contribution is -2.24. The highest BCUT2D eigenvalue weighted by Crippen LogP contribution is 2.26. The van der Waals surface area contributed by atoms with Gasteiger partial charge in [-0.2, -0.15) is 0 Å². The molecule has 2 aromatic rings. The molecule has 0 saturated heterocycles. The van der Waals surface area contributed by atoms with Gasteiger partial charge in [0.2, 0.25) is 5.91 Å². The summed E-state index contributed by atoms with van der Waals surface area (Å²) in [4.78, 5) is 13.8. The molecule has 0 fully saturated rings. The molecular formula is C18H17Cl2NO2. The molecule has 1 amide bonds. The first-order valence-electron chi connectivity index (χ1n) is 7.01. The quantitative estimate of drug-likeness (QED) is 0.733. The number of rotatable bonds is 5. The van der Waals surface area contributed by atoms with Gasteiger partial charge in [-0.15, -0.1) is 0 Å². The Bertz CT molecular complexity index is 729. The third-order valence-electron chi connectivity index (χ3n) is 3.33. The second kappa shape index (κ2) is 8.04. The van der Waals surface area contributed by atoms with E-state index in [1.54, 1.807) is 31.2 Å². The fourth-order valence-corrected chi connectivity index (χ4v) is 2.42. The Kier molecular flexibility index (Phi) is 6.08. The molecule has 0 radical (unpaired) electrons. The van der Waals surface area contributed by atoms with Crippen molar-refractivity contribution in [3.63, 3.8) is 0 Å². The highest BCUT2D eigenvalue weighted by molar-refractivity contribution is 6.42. The van der Waals surface area contributed by atoms with E-state index in [2.05, 4.69) is 0 Å². The molecule has 3 nitrogen and oxygen atoms in total. The van der Waals surface area contributed by atoms with Crippen LogP contribution in [0.5, 0.6) is 5.75 Å². The maximum absolute atomic E-state index is 12.2. The molecule has 120 valence electrons. The lowest BCUT2D eigenvalue weighted by atomic mass is 10.2. The van der Waals surface area contributed by atoms with Crippen LogP contribution in [0.25, 0.3) is 6.08 Å². The van der Waals surface area contributed by atoms with E-state index >= 15 is 0 Å². The van der Waals surface area contributed by atoms with Crippen molar-refractivity contribution in [1.29, 1.82) is 0 Å². The fraction of sp³-hybridized carbons (Fsp3) is 0.167. The minimum absolute atomic E-state index is 0.121. The van der Waals surface area contributed by atoms with Gasteiger partial charge in [0.05, 0.1) is 17.2 Å². The van der Waals surface area contributed by atoms with Gasteiger partial charge in [-0.25, -0.2) is 0 Å². The van der Waals surface area contributed by atoms with Crippen LogP contribution >= 0.6 is 23.2 Å². The standard InChI is InChI=1S/C18H17Cl2NO2/c1-21(12-14-6-4-8-16(19)18(14)20)17(22)10-9-13-5-3-7-15(11-13)23-2/h3-11H,12H2,1-2H3/b10-9+. The number of benzene rings is 2. The smallest absolute Gasteiger partial charge is 0.246 e. The number of hydrogen-bond donors (Lipinski definition) is 0. The van der Waals surface area contributed by atoms with Crippen LogP contribution in [-0.2, 0) is 11.3 Å². The number of methoxy groups -OCH3 is 1. The number of hydrogen-bond acceptors (Lipinski definition) is 2. The average Bonchev–Trinajstić information content (AvgIpc) is 2.57. The molecule has 2 rings (SSSR count). The van der Waals surface area contributed by atoms with E-state index in [1.807, 2.05) is 36.4 Å². The molecule has 0 heterocycles. The van der Waals surface area contributed by atoms with Crippen molar-refractivity contribution in [3.8, 4) is 5.75 Å². The summed E-state index contributed by atoms with van der Waals surface area (Å²) in [6.07, 6.45) is 3.27. The summed E-state index contributed by atoms with van der Waals surface area (Å²) < 4.78 is 5.16. The van der Waals surface area contributed by atoms with Crippen LogP contribution in [0.4, 0.5) is 0 Å². The van der Waals surface area contributed by atoms with Gasteiger partial charge in [0.1, 0.15) is 5.75 Å². The van der Waals surface area contributed by atoms with Crippen molar-refractivity contribution in [1.82, 2.24) is 4.90 Å². The first-order chi connectivity index (χ1) is 11.0. The van der Waals surface area contributed by atoms with Gasteiger partial charge in [-0.05, 0) is 35.4 Å². The fourth-order valence-electron chi connectivity index (χ4n) is 2.04. The molecule has 0 saturated carbocycles. The highest BCUT2D eigenvalue weighted by Gasteiger charge is 2.10. The van der Waals surface area contributed by atoms with Crippen LogP contribution in [0.3, 0.4) is 0 Å². The predicted molar refractivity (Wildman–Crippen MR) is 95.0 cm³/mol. The lowest BCUT2D eigenvalue weighted by Gasteiger charge is -2.16. The Balaban J connectivity index is 2.04. The van der Waals surface area contributed by atoms with Crippen molar-refractivity contribution in [2.24, 2.45) is 0 Å². The Labute approximate surface area is 146 Å². The Morgan fingerprint density at radius 2 is 1.96 bits per heavy atom. The molecule has 0 aliphatic rings. The Morgan fingerprint density at radius 3 is 2.70 bits per heavy atom. The van der Waals surface area contributed by atoms with Gasteiger partial charge < -0.3 is 9.64 Å². The molecule has 23 heavy (non-hydrogen) atoms. The van der Waals surface area contributed by atoms with E-state index in [0.29, 0.717) is 16.6 Å². The molecule has 0 atom stereocenters. The number of amides is 1. The molecule has 0 unspecified atom stereocenters. The number of halogens is 2. The minimum Gasteiger partial charge on any atom is -0.497 e. The first kappa shape index (κ1) is 17.4. The zero-order chi connectivity index (χ0) is 16.8. The van der Waals surface area contributed by atoms with Crippen molar-refractivity contribution in [2.45, 2.75) is 6.54 Å². The van der Waals surface area contributed by atoms with Crippen molar-refractivity contribution < 1.29 is 9.53 Å². The van der Waals surface area contributed by atoms with Gasteiger partial charge in [0.25, 0.3) is 0 Å². The molecule has 0 aromatic heterocycles. The van der Waals surface area contributed by atoms with E-state index < -0.39 is 0 Å². The molecule has 0 aliphatic heterocycles. The molecule has 0 N–H and O–H groups in total. The summed E-state index contributed by atoms with van der Waals surface area (Å²) in [6.45, 7) is 0.390. The number of nitrogens with zero attached hydrogens (tertiary/aromatic N) is 1. The topological polar surface area (TPSA) is 29.5 Å². The SMILES string of the molecule is COc1cccc(/C=C/C(=O)N(C)Cc2cccc(Cl)c2Cl)c1. The summed E-state index contributed by atoms with van der Waals surface area (Å²) in [5.41, 5.74) is 1.71. The first-order valence-corrected chi connectivity index (χ1v) is 7.77. The molecule has 5 heteroatoms. The second-order valence-corrected chi connectivity index (χ2v) is 5.80. The number of ether oxygens (including phenoxy) is 1. The largest absolute Gasteiger partial charge is 0.497 e. The van der Waals surface area contributed by atoms with E-state index in [4.69, 9.17) is 27.9 Å². The number of carbonyl (C=O) groups is 1. The predicted octanol–water partition coefficient (Wildman–Crippen LogP) is 4.67. The van der Waals surface area contributed by atoms with E-state index in [1.165, 1.54) is 6.08 Å². The Hall–Kier alpha value is -1.97. The number of carbonyl (C=O) groups excluding carboxylic acids is 1. The maximum atomic E-state index is 12.2. The third kappa shape index (κ3) is 4.75. The van der Waals surface area contributed by atoms with Crippen molar-refractivity contribution in [3.05, 3.63) is 69.7 Å². The minimum atomic E-state index is -0.121. The molecule has 0 bridgehead atoms. The molecule has 2 aromatic carbocycles. The van der Waals surface area contributed by atoms with Gasteiger partial charge >= 0.3 is 0 Å². The van der Waals surface area contributed by atoms with Crippen LogP contribution < -0.4 is 4.74 Å². The van der Waals surface area contributed by atoms with Crippen LogP contribution in [0.1, 0.15) is 11.1 Å². The second-order valence-electron chi connectivity index (χ2n) is 5.02. The van der Waals surface area contributed by atoms with Gasteiger partial charge in [0.15, 0.2) is 0 Å². The third-order valence-corrected chi connectivity index (χ3v) is 4.19. The van der Waals surface area contributed by atoms with Crippen LogP contribution in [-0.4, -0.2) is 25.0 Å². The van der Waals surface area contributed by atoms with Crippen molar-refractivity contribution >= 4 is 35.2 Å². The zero-order valence-electron chi connectivity index (χ0n) is 12.9. The summed E-state index contributed by atoms with van der Waals surface area (Å²) >= 11 is 12.1. The van der Waals surface area contributed by atoms with Crippen molar-refractivity contribution in [2.75, 3.05) is 14.2 Å². The monoisotopic (exact) mass is 349 g/mol. The van der Waals surface area contributed by atoms with Crippen LogP contribution in [0, 0.1) is 0 Å². The van der Waals surface area contributed by atoms with Crippen LogP contribution in [0.15, 0.2) is 48.5 Å². The maximum Gasteiger partial charge on any atom is 0.246 e. The van der Waals surface area contributed by atoms with E-state index in [9.17, 15) is 4.79 Å².